The van der Waals surface area contributed by atoms with Crippen LogP contribution in [0, 0.1) is 5.92 Å². The Morgan fingerprint density at radius 1 is 1.14 bits per heavy atom. The smallest absolute Gasteiger partial charge is 0.256 e. The minimum Gasteiger partial charge on any atom is -0.494 e. The lowest BCUT2D eigenvalue weighted by molar-refractivity contribution is -0.140. The number of amides is 1. The number of carbonyl (C=O) groups excluding carboxylic acids is 1. The van der Waals surface area contributed by atoms with E-state index in [0.29, 0.717) is 13.0 Å². The zero-order valence-electron chi connectivity index (χ0n) is 18.8. The summed E-state index contributed by atoms with van der Waals surface area (Å²) in [4.78, 5) is 15.3. The maximum atomic E-state index is 12.7. The number of hydrogen-bond donors (Lipinski definition) is 1. The largest absolute Gasteiger partial charge is 0.494 e. The second-order valence-corrected chi connectivity index (χ2v) is 8.53. The summed E-state index contributed by atoms with van der Waals surface area (Å²) in [6, 6.07) is 7.63. The normalized spacial score (nSPS) is 17.7. The van der Waals surface area contributed by atoms with Crippen LogP contribution < -0.4 is 10.1 Å². The molecule has 0 saturated carbocycles. The number of carbonyl (C=O) groups is 1. The van der Waals surface area contributed by atoms with E-state index in [1.54, 1.807) is 0 Å². The Labute approximate surface area is 177 Å². The van der Waals surface area contributed by atoms with Crippen LogP contribution in [0.25, 0.3) is 0 Å². The predicted molar refractivity (Wildman–Crippen MR) is 120 cm³/mol. The van der Waals surface area contributed by atoms with Crippen molar-refractivity contribution < 1.29 is 14.3 Å². The fourth-order valence-corrected chi connectivity index (χ4v) is 3.72. The number of anilines is 1. The third-order valence-corrected chi connectivity index (χ3v) is 5.71. The van der Waals surface area contributed by atoms with Gasteiger partial charge in [0.25, 0.3) is 5.91 Å². The molecule has 5 nitrogen and oxygen atoms in total. The Morgan fingerprint density at radius 3 is 2.45 bits per heavy atom. The summed E-state index contributed by atoms with van der Waals surface area (Å²) in [6.07, 6.45) is 6.17. The first-order chi connectivity index (χ1) is 14.0. The molecule has 1 fully saturated rings. The van der Waals surface area contributed by atoms with Gasteiger partial charge in [0.05, 0.1) is 6.61 Å². The highest BCUT2D eigenvalue weighted by molar-refractivity contribution is 5.97. The van der Waals surface area contributed by atoms with E-state index in [4.69, 9.17) is 9.47 Å². The highest BCUT2D eigenvalue weighted by Crippen LogP contribution is 2.23. The summed E-state index contributed by atoms with van der Waals surface area (Å²) < 4.78 is 11.7. The van der Waals surface area contributed by atoms with E-state index in [2.05, 4.69) is 31.0 Å². The van der Waals surface area contributed by atoms with Crippen LogP contribution in [-0.2, 0) is 9.53 Å². The Hall–Kier alpha value is -1.59. The molecular weight excluding hydrogens is 364 g/mol. The van der Waals surface area contributed by atoms with Crippen LogP contribution in [0.2, 0.25) is 0 Å². The van der Waals surface area contributed by atoms with E-state index in [9.17, 15) is 4.79 Å². The fourth-order valence-electron chi connectivity index (χ4n) is 3.72. The molecule has 0 bridgehead atoms. The van der Waals surface area contributed by atoms with Crippen molar-refractivity contribution >= 4 is 11.6 Å². The SMILES string of the molecule is CCCOC(C)(CCC)C(=O)Nc1ccc(OCCCN2CCC(C)CC2)cc1. The van der Waals surface area contributed by atoms with Crippen molar-refractivity contribution in [1.82, 2.24) is 4.90 Å². The Balaban J connectivity index is 1.75. The van der Waals surface area contributed by atoms with E-state index < -0.39 is 5.60 Å². The first-order valence-electron chi connectivity index (χ1n) is 11.4. The van der Waals surface area contributed by atoms with Gasteiger partial charge in [0, 0.05) is 18.8 Å². The summed E-state index contributed by atoms with van der Waals surface area (Å²) in [5.74, 6) is 1.63. The van der Waals surface area contributed by atoms with Crippen molar-refractivity contribution in [2.75, 3.05) is 38.2 Å². The molecule has 1 amide bonds. The van der Waals surface area contributed by atoms with Crippen LogP contribution in [0.3, 0.4) is 0 Å². The minimum absolute atomic E-state index is 0.0858. The van der Waals surface area contributed by atoms with Gasteiger partial charge in [-0.15, -0.1) is 0 Å². The Morgan fingerprint density at radius 2 is 1.83 bits per heavy atom. The van der Waals surface area contributed by atoms with E-state index in [-0.39, 0.29) is 5.91 Å². The lowest BCUT2D eigenvalue weighted by Crippen LogP contribution is -2.43. The van der Waals surface area contributed by atoms with Crippen LogP contribution in [0.4, 0.5) is 5.69 Å². The summed E-state index contributed by atoms with van der Waals surface area (Å²) in [6.45, 7) is 13.2. The molecule has 1 aromatic rings. The molecule has 1 atom stereocenters. The number of piperidine rings is 1. The standard InChI is InChI=1S/C24H40N2O3/c1-5-14-24(4,29-18-6-2)23(27)25-21-8-10-22(11-9-21)28-19-7-15-26-16-12-20(3)13-17-26/h8-11,20H,5-7,12-19H2,1-4H3,(H,25,27). The zero-order valence-corrected chi connectivity index (χ0v) is 18.8. The summed E-state index contributed by atoms with van der Waals surface area (Å²) in [5, 5.41) is 2.99. The third kappa shape index (κ3) is 7.98. The quantitative estimate of drug-likeness (QED) is 0.492. The number of benzene rings is 1. The number of nitrogens with one attached hydrogen (secondary N) is 1. The lowest BCUT2D eigenvalue weighted by Gasteiger charge is -2.30. The lowest BCUT2D eigenvalue weighted by atomic mass is 9.99. The average Bonchev–Trinajstić information content (AvgIpc) is 2.72. The second kappa shape index (κ2) is 12.2. The number of nitrogens with zero attached hydrogens (tertiary/aromatic N) is 1. The van der Waals surface area contributed by atoms with E-state index in [1.807, 2.05) is 31.2 Å². The van der Waals surface area contributed by atoms with Gasteiger partial charge in [-0.05, 0) is 82.3 Å². The van der Waals surface area contributed by atoms with Crippen molar-refractivity contribution in [2.45, 2.75) is 71.8 Å². The summed E-state index contributed by atoms with van der Waals surface area (Å²) in [5.41, 5.74) is -0.0150. The van der Waals surface area contributed by atoms with Gasteiger partial charge >= 0.3 is 0 Å². The molecule has 1 saturated heterocycles. The molecule has 0 aliphatic carbocycles. The van der Waals surface area contributed by atoms with Gasteiger partial charge < -0.3 is 19.7 Å². The van der Waals surface area contributed by atoms with Crippen LogP contribution in [-0.4, -0.2) is 49.3 Å². The molecular formula is C24H40N2O3. The van der Waals surface area contributed by atoms with Crippen LogP contribution in [0.15, 0.2) is 24.3 Å². The Bertz CT molecular complexity index is 597. The van der Waals surface area contributed by atoms with Gasteiger partial charge in [-0.25, -0.2) is 0 Å². The first kappa shape index (κ1) is 23.7. The number of ether oxygens (including phenoxy) is 2. The topological polar surface area (TPSA) is 50.8 Å². The molecule has 0 aromatic heterocycles. The van der Waals surface area contributed by atoms with Crippen molar-refractivity contribution in [3.63, 3.8) is 0 Å². The van der Waals surface area contributed by atoms with Crippen LogP contribution in [0.5, 0.6) is 5.75 Å². The Kier molecular flexibility index (Phi) is 9.95. The van der Waals surface area contributed by atoms with Gasteiger partial charge in [0.2, 0.25) is 0 Å². The van der Waals surface area contributed by atoms with Crippen molar-refractivity contribution in [2.24, 2.45) is 5.92 Å². The van der Waals surface area contributed by atoms with Gasteiger partial charge in [0.15, 0.2) is 0 Å². The highest BCUT2D eigenvalue weighted by atomic mass is 16.5. The van der Waals surface area contributed by atoms with Gasteiger partial charge in [-0.2, -0.15) is 0 Å². The first-order valence-corrected chi connectivity index (χ1v) is 11.4. The molecule has 1 aliphatic heterocycles. The van der Waals surface area contributed by atoms with Gasteiger partial charge in [-0.3, -0.25) is 4.79 Å². The summed E-state index contributed by atoms with van der Waals surface area (Å²) >= 11 is 0. The molecule has 29 heavy (non-hydrogen) atoms. The van der Waals surface area contributed by atoms with E-state index >= 15 is 0 Å². The molecule has 2 rings (SSSR count). The molecule has 1 N–H and O–H groups in total. The molecule has 5 heteroatoms. The zero-order chi connectivity index (χ0) is 21.1. The average molecular weight is 405 g/mol. The predicted octanol–water partition coefficient (Wildman–Crippen LogP) is 5.11. The van der Waals surface area contributed by atoms with Crippen molar-refractivity contribution in [3.8, 4) is 5.75 Å². The minimum atomic E-state index is -0.786. The maximum Gasteiger partial charge on any atom is 0.256 e. The maximum absolute atomic E-state index is 12.7. The molecule has 0 radical (unpaired) electrons. The van der Waals surface area contributed by atoms with Crippen molar-refractivity contribution in [3.05, 3.63) is 24.3 Å². The number of hydrogen-bond acceptors (Lipinski definition) is 4. The molecule has 1 heterocycles. The molecule has 0 spiro atoms. The summed E-state index contributed by atoms with van der Waals surface area (Å²) in [7, 11) is 0. The van der Waals surface area contributed by atoms with Crippen LogP contribution >= 0.6 is 0 Å². The number of rotatable bonds is 12. The highest BCUT2D eigenvalue weighted by Gasteiger charge is 2.33. The van der Waals surface area contributed by atoms with Gasteiger partial charge in [0.1, 0.15) is 11.4 Å². The molecule has 1 aromatic carbocycles. The molecule has 1 unspecified atom stereocenters. The van der Waals surface area contributed by atoms with Gasteiger partial charge in [-0.1, -0.05) is 27.2 Å². The van der Waals surface area contributed by atoms with E-state index in [1.165, 1.54) is 25.9 Å². The van der Waals surface area contributed by atoms with E-state index in [0.717, 1.165) is 49.8 Å². The third-order valence-electron chi connectivity index (χ3n) is 5.71. The monoisotopic (exact) mass is 404 g/mol. The number of likely N-dealkylation sites (tertiary alicyclic amines) is 1. The fraction of sp³-hybridized carbons (Fsp3) is 0.708. The molecule has 164 valence electrons. The van der Waals surface area contributed by atoms with Crippen LogP contribution in [0.1, 0.15) is 66.2 Å². The van der Waals surface area contributed by atoms with Crippen molar-refractivity contribution in [1.29, 1.82) is 0 Å². The second-order valence-electron chi connectivity index (χ2n) is 8.53. The molecule has 1 aliphatic rings.